The van der Waals surface area contributed by atoms with Crippen LogP contribution in [-0.4, -0.2) is 46.9 Å². The van der Waals surface area contributed by atoms with Crippen molar-refractivity contribution in [2.45, 2.75) is 19.4 Å². The number of piperazine rings is 1. The largest absolute Gasteiger partial charge is 0.340 e. The lowest BCUT2D eigenvalue weighted by Gasteiger charge is -2.35. The maximum Gasteiger partial charge on any atom is 0.222 e. The first-order valence-corrected chi connectivity index (χ1v) is 8.83. The van der Waals surface area contributed by atoms with Gasteiger partial charge in [-0.1, -0.05) is 23.7 Å². The maximum atomic E-state index is 13.9. The van der Waals surface area contributed by atoms with Gasteiger partial charge in [0, 0.05) is 62.1 Å². The molecule has 0 radical (unpaired) electrons. The van der Waals surface area contributed by atoms with E-state index in [4.69, 9.17) is 11.6 Å². The fraction of sp³-hybridized carbons (Fsp3) is 0.368. The lowest BCUT2D eigenvalue weighted by atomic mass is 10.1. The average molecular weight is 362 g/mol. The van der Waals surface area contributed by atoms with Crippen molar-refractivity contribution < 1.29 is 9.18 Å². The third-order valence-electron chi connectivity index (χ3n) is 4.52. The Morgan fingerprint density at radius 2 is 1.96 bits per heavy atom. The van der Waals surface area contributed by atoms with Crippen molar-refractivity contribution in [3.63, 3.8) is 0 Å². The van der Waals surface area contributed by atoms with Gasteiger partial charge in [-0.05, 0) is 30.2 Å². The summed E-state index contributed by atoms with van der Waals surface area (Å²) in [6, 6.07) is 8.61. The Bertz CT molecular complexity index is 698. The maximum absolute atomic E-state index is 13.9. The number of halogens is 2. The van der Waals surface area contributed by atoms with Crippen LogP contribution in [0.5, 0.6) is 0 Å². The second-order valence-electron chi connectivity index (χ2n) is 6.22. The molecule has 25 heavy (non-hydrogen) atoms. The Hall–Kier alpha value is -1.98. The van der Waals surface area contributed by atoms with Crippen molar-refractivity contribution in [3.8, 4) is 0 Å². The molecule has 1 aliphatic rings. The molecule has 1 saturated heterocycles. The quantitative estimate of drug-likeness (QED) is 0.820. The normalized spacial score (nSPS) is 15.4. The van der Waals surface area contributed by atoms with Crippen molar-refractivity contribution in [1.29, 1.82) is 0 Å². The second kappa shape index (κ2) is 8.41. The highest BCUT2D eigenvalue weighted by atomic mass is 35.5. The zero-order valence-corrected chi connectivity index (χ0v) is 14.8. The number of aryl methyl sites for hydroxylation is 1. The molecule has 0 unspecified atom stereocenters. The number of carbonyl (C=O) groups excluding carboxylic acids is 1. The van der Waals surface area contributed by atoms with Gasteiger partial charge in [-0.3, -0.25) is 14.7 Å². The van der Waals surface area contributed by atoms with E-state index in [0.29, 0.717) is 43.1 Å². The molecule has 1 amide bonds. The fourth-order valence-electron chi connectivity index (χ4n) is 3.02. The van der Waals surface area contributed by atoms with E-state index in [1.54, 1.807) is 24.5 Å². The molecule has 6 heteroatoms. The van der Waals surface area contributed by atoms with Crippen LogP contribution in [0.2, 0.25) is 5.02 Å². The van der Waals surface area contributed by atoms with E-state index in [9.17, 15) is 9.18 Å². The van der Waals surface area contributed by atoms with Crippen LogP contribution in [0, 0.1) is 5.82 Å². The van der Waals surface area contributed by atoms with Gasteiger partial charge in [-0.15, -0.1) is 0 Å². The predicted octanol–water partition coefficient (Wildman–Crippen LogP) is 3.15. The van der Waals surface area contributed by atoms with Crippen LogP contribution in [0.25, 0.3) is 0 Å². The third kappa shape index (κ3) is 4.77. The number of benzene rings is 1. The Kier molecular flexibility index (Phi) is 6.00. The van der Waals surface area contributed by atoms with E-state index >= 15 is 0 Å². The number of hydrogen-bond donors (Lipinski definition) is 0. The molecule has 2 heterocycles. The van der Waals surface area contributed by atoms with E-state index in [1.807, 2.05) is 17.0 Å². The van der Waals surface area contributed by atoms with Gasteiger partial charge in [0.1, 0.15) is 5.82 Å². The number of carbonyl (C=O) groups is 1. The smallest absolute Gasteiger partial charge is 0.222 e. The SMILES string of the molecule is O=C(CCc1cccnc1)N1CCN(Cc2c(F)cccc2Cl)CC1. The van der Waals surface area contributed by atoms with Crippen LogP contribution >= 0.6 is 11.6 Å². The Morgan fingerprint density at radius 1 is 1.16 bits per heavy atom. The van der Waals surface area contributed by atoms with Gasteiger partial charge in [0.05, 0.1) is 0 Å². The lowest BCUT2D eigenvalue weighted by molar-refractivity contribution is -0.133. The zero-order chi connectivity index (χ0) is 17.6. The summed E-state index contributed by atoms with van der Waals surface area (Å²) in [5.74, 6) is -0.116. The summed E-state index contributed by atoms with van der Waals surface area (Å²) in [7, 11) is 0. The molecule has 0 N–H and O–H groups in total. The van der Waals surface area contributed by atoms with Crippen molar-refractivity contribution in [3.05, 3.63) is 64.7 Å². The summed E-state index contributed by atoms with van der Waals surface area (Å²) in [6.07, 6.45) is 4.72. The van der Waals surface area contributed by atoms with Crippen molar-refractivity contribution in [1.82, 2.24) is 14.8 Å². The highest BCUT2D eigenvalue weighted by Gasteiger charge is 2.22. The number of amides is 1. The zero-order valence-electron chi connectivity index (χ0n) is 14.0. The van der Waals surface area contributed by atoms with Crippen molar-refractivity contribution >= 4 is 17.5 Å². The van der Waals surface area contributed by atoms with Crippen molar-refractivity contribution in [2.24, 2.45) is 0 Å². The third-order valence-corrected chi connectivity index (χ3v) is 4.87. The number of aromatic nitrogens is 1. The Morgan fingerprint density at radius 3 is 2.64 bits per heavy atom. The minimum atomic E-state index is -0.275. The monoisotopic (exact) mass is 361 g/mol. The topological polar surface area (TPSA) is 36.4 Å². The molecule has 0 aliphatic carbocycles. The summed E-state index contributed by atoms with van der Waals surface area (Å²) in [5, 5.41) is 0.454. The van der Waals surface area contributed by atoms with E-state index in [2.05, 4.69) is 9.88 Å². The summed E-state index contributed by atoms with van der Waals surface area (Å²) < 4.78 is 13.9. The molecule has 1 aliphatic heterocycles. The first kappa shape index (κ1) is 17.8. The minimum absolute atomic E-state index is 0.160. The molecule has 0 saturated carbocycles. The molecule has 2 aromatic rings. The lowest BCUT2D eigenvalue weighted by Crippen LogP contribution is -2.48. The molecule has 1 fully saturated rings. The number of hydrogen-bond acceptors (Lipinski definition) is 3. The van der Waals surface area contributed by atoms with Gasteiger partial charge >= 0.3 is 0 Å². The molecular formula is C19H21ClFN3O. The van der Waals surface area contributed by atoms with Crippen LogP contribution in [0.1, 0.15) is 17.5 Å². The van der Waals surface area contributed by atoms with E-state index < -0.39 is 0 Å². The summed E-state index contributed by atoms with van der Waals surface area (Å²) >= 11 is 6.09. The molecular weight excluding hydrogens is 341 g/mol. The van der Waals surface area contributed by atoms with Crippen molar-refractivity contribution in [2.75, 3.05) is 26.2 Å². The predicted molar refractivity (Wildman–Crippen MR) is 95.8 cm³/mol. The summed E-state index contributed by atoms with van der Waals surface area (Å²) in [6.45, 7) is 3.26. The van der Waals surface area contributed by atoms with Gasteiger partial charge in [0.15, 0.2) is 0 Å². The Labute approximate surface area is 152 Å². The molecule has 132 valence electrons. The van der Waals surface area contributed by atoms with Gasteiger partial charge in [0.25, 0.3) is 0 Å². The van der Waals surface area contributed by atoms with Crippen LogP contribution in [0.15, 0.2) is 42.7 Å². The van der Waals surface area contributed by atoms with E-state index in [0.717, 1.165) is 18.7 Å². The van der Waals surface area contributed by atoms with Gasteiger partial charge in [0.2, 0.25) is 5.91 Å². The summed E-state index contributed by atoms with van der Waals surface area (Å²) in [5.41, 5.74) is 1.60. The first-order chi connectivity index (χ1) is 12.1. The first-order valence-electron chi connectivity index (χ1n) is 8.45. The number of rotatable bonds is 5. The molecule has 1 aromatic heterocycles. The second-order valence-corrected chi connectivity index (χ2v) is 6.63. The minimum Gasteiger partial charge on any atom is -0.340 e. The molecule has 0 atom stereocenters. The van der Waals surface area contributed by atoms with E-state index in [1.165, 1.54) is 6.07 Å². The van der Waals surface area contributed by atoms with Gasteiger partial charge < -0.3 is 4.90 Å². The van der Waals surface area contributed by atoms with Gasteiger partial charge in [-0.2, -0.15) is 0 Å². The number of pyridine rings is 1. The van der Waals surface area contributed by atoms with Crippen LogP contribution in [0.4, 0.5) is 4.39 Å². The molecule has 0 bridgehead atoms. The molecule has 1 aromatic carbocycles. The van der Waals surface area contributed by atoms with Crippen LogP contribution in [-0.2, 0) is 17.8 Å². The highest BCUT2D eigenvalue weighted by molar-refractivity contribution is 6.31. The van der Waals surface area contributed by atoms with Gasteiger partial charge in [-0.25, -0.2) is 4.39 Å². The fourth-order valence-corrected chi connectivity index (χ4v) is 3.24. The highest BCUT2D eigenvalue weighted by Crippen LogP contribution is 2.21. The average Bonchev–Trinajstić information content (AvgIpc) is 2.64. The number of nitrogens with zero attached hydrogens (tertiary/aromatic N) is 3. The van der Waals surface area contributed by atoms with E-state index in [-0.39, 0.29) is 11.7 Å². The van der Waals surface area contributed by atoms with Crippen LogP contribution < -0.4 is 0 Å². The molecule has 3 rings (SSSR count). The standard InChI is InChI=1S/C19H21ClFN3O/c20-17-4-1-5-18(21)16(17)14-23-9-11-24(12-10-23)19(25)7-6-15-3-2-8-22-13-15/h1-5,8,13H,6-7,9-12,14H2. The van der Waals surface area contributed by atoms with Crippen LogP contribution in [0.3, 0.4) is 0 Å². The Balaban J connectivity index is 1.47. The molecule has 0 spiro atoms. The summed E-state index contributed by atoms with van der Waals surface area (Å²) in [4.78, 5) is 20.4. The molecule has 4 nitrogen and oxygen atoms in total.